The Morgan fingerprint density at radius 1 is 1.19 bits per heavy atom. The van der Waals surface area contributed by atoms with E-state index in [9.17, 15) is 9.59 Å². The van der Waals surface area contributed by atoms with Crippen LogP contribution in [0.3, 0.4) is 0 Å². The highest BCUT2D eigenvalue weighted by atomic mass is 16.5. The molecule has 0 fully saturated rings. The van der Waals surface area contributed by atoms with Gasteiger partial charge in [0.05, 0.1) is 20.1 Å². The number of ether oxygens (including phenoxy) is 2. The van der Waals surface area contributed by atoms with Gasteiger partial charge in [0, 0.05) is 0 Å². The van der Waals surface area contributed by atoms with Crippen LogP contribution in [0.25, 0.3) is 0 Å². The number of esters is 1. The third-order valence-corrected chi connectivity index (χ3v) is 3.04. The standard InChI is InChI=1S/C16H23NO4/c1-5-21-13-8-6-12(7-9-13)10-14(18)17-15(11(2)3)16(19)20-4/h6-9,11,15H,5,10H2,1-4H3,(H,17,18). The lowest BCUT2D eigenvalue weighted by Gasteiger charge is -2.19. The van der Waals surface area contributed by atoms with E-state index in [1.165, 1.54) is 7.11 Å². The molecule has 21 heavy (non-hydrogen) atoms. The molecule has 5 nitrogen and oxygen atoms in total. The molecule has 1 atom stereocenters. The van der Waals surface area contributed by atoms with Gasteiger partial charge in [0.1, 0.15) is 11.8 Å². The van der Waals surface area contributed by atoms with Crippen molar-refractivity contribution in [2.45, 2.75) is 33.2 Å². The summed E-state index contributed by atoms with van der Waals surface area (Å²) in [6.07, 6.45) is 0.215. The fraction of sp³-hybridized carbons (Fsp3) is 0.500. The van der Waals surface area contributed by atoms with E-state index >= 15 is 0 Å². The van der Waals surface area contributed by atoms with E-state index in [1.807, 2.05) is 45.0 Å². The van der Waals surface area contributed by atoms with E-state index in [4.69, 9.17) is 9.47 Å². The van der Waals surface area contributed by atoms with Gasteiger partial charge >= 0.3 is 5.97 Å². The minimum atomic E-state index is -0.620. The van der Waals surface area contributed by atoms with Gasteiger partial charge in [-0.05, 0) is 30.5 Å². The quantitative estimate of drug-likeness (QED) is 0.780. The fourth-order valence-electron chi connectivity index (χ4n) is 1.90. The van der Waals surface area contributed by atoms with E-state index in [0.29, 0.717) is 6.61 Å². The molecule has 0 aromatic heterocycles. The predicted octanol–water partition coefficient (Wildman–Crippen LogP) is 1.94. The van der Waals surface area contributed by atoms with Crippen LogP contribution in [0.2, 0.25) is 0 Å². The smallest absolute Gasteiger partial charge is 0.328 e. The minimum absolute atomic E-state index is 0.0262. The van der Waals surface area contributed by atoms with E-state index in [0.717, 1.165) is 11.3 Å². The first-order valence-corrected chi connectivity index (χ1v) is 7.06. The SMILES string of the molecule is CCOc1ccc(CC(=O)NC(C(=O)OC)C(C)C)cc1. The second-order valence-electron chi connectivity index (χ2n) is 5.07. The summed E-state index contributed by atoms with van der Waals surface area (Å²) in [4.78, 5) is 23.6. The summed E-state index contributed by atoms with van der Waals surface area (Å²) in [7, 11) is 1.32. The number of carbonyl (C=O) groups is 2. The molecule has 0 aliphatic carbocycles. The van der Waals surface area contributed by atoms with Crippen LogP contribution in [0.15, 0.2) is 24.3 Å². The molecule has 1 unspecified atom stereocenters. The highest BCUT2D eigenvalue weighted by Crippen LogP contribution is 2.13. The number of methoxy groups -OCH3 is 1. The summed E-state index contributed by atoms with van der Waals surface area (Å²) in [6.45, 7) is 6.24. The lowest BCUT2D eigenvalue weighted by molar-refractivity contribution is -0.146. The molecule has 0 spiro atoms. The van der Waals surface area contributed by atoms with Crippen LogP contribution >= 0.6 is 0 Å². The van der Waals surface area contributed by atoms with Gasteiger partial charge in [0.2, 0.25) is 5.91 Å². The Balaban J connectivity index is 2.61. The number of benzene rings is 1. The van der Waals surface area contributed by atoms with Crippen LogP contribution in [-0.4, -0.2) is 31.6 Å². The Kier molecular flexibility index (Phi) is 6.72. The van der Waals surface area contributed by atoms with Crippen molar-refractivity contribution in [3.63, 3.8) is 0 Å². The predicted molar refractivity (Wildman–Crippen MR) is 80.1 cm³/mol. The van der Waals surface area contributed by atoms with Gasteiger partial charge in [-0.25, -0.2) is 4.79 Å². The molecule has 1 aromatic carbocycles. The lowest BCUT2D eigenvalue weighted by Crippen LogP contribution is -2.45. The van der Waals surface area contributed by atoms with E-state index < -0.39 is 12.0 Å². The molecule has 0 saturated heterocycles. The Morgan fingerprint density at radius 2 is 1.81 bits per heavy atom. The normalized spacial score (nSPS) is 11.9. The molecule has 0 bridgehead atoms. The topological polar surface area (TPSA) is 64.6 Å². The molecule has 116 valence electrons. The monoisotopic (exact) mass is 293 g/mol. The van der Waals surface area contributed by atoms with Crippen LogP contribution in [-0.2, 0) is 20.7 Å². The van der Waals surface area contributed by atoms with Crippen LogP contribution in [0.5, 0.6) is 5.75 Å². The van der Waals surface area contributed by atoms with Gasteiger partial charge < -0.3 is 14.8 Å². The fourth-order valence-corrected chi connectivity index (χ4v) is 1.90. The Morgan fingerprint density at radius 3 is 2.29 bits per heavy atom. The van der Waals surface area contributed by atoms with Gasteiger partial charge in [-0.2, -0.15) is 0 Å². The van der Waals surface area contributed by atoms with Crippen molar-refractivity contribution in [1.82, 2.24) is 5.32 Å². The van der Waals surface area contributed by atoms with Gasteiger partial charge in [0.25, 0.3) is 0 Å². The highest BCUT2D eigenvalue weighted by molar-refractivity contribution is 5.85. The Bertz CT molecular complexity index is 468. The second kappa shape index (κ2) is 8.29. The summed E-state index contributed by atoms with van der Waals surface area (Å²) in [5.41, 5.74) is 0.864. The first-order valence-electron chi connectivity index (χ1n) is 7.06. The molecule has 0 heterocycles. The van der Waals surface area contributed by atoms with Gasteiger partial charge in [-0.15, -0.1) is 0 Å². The maximum Gasteiger partial charge on any atom is 0.328 e. The Labute approximate surface area is 125 Å². The van der Waals surface area contributed by atoms with Crippen LogP contribution < -0.4 is 10.1 Å². The van der Waals surface area contributed by atoms with Crippen molar-refractivity contribution in [2.24, 2.45) is 5.92 Å². The van der Waals surface area contributed by atoms with Crippen LogP contribution in [0.1, 0.15) is 26.3 Å². The van der Waals surface area contributed by atoms with Crippen molar-refractivity contribution in [2.75, 3.05) is 13.7 Å². The maximum atomic E-state index is 12.0. The molecular weight excluding hydrogens is 270 g/mol. The summed E-state index contributed by atoms with van der Waals surface area (Å²) in [6, 6.07) is 6.71. The third-order valence-electron chi connectivity index (χ3n) is 3.04. The molecule has 0 aliphatic rings. The van der Waals surface area contributed by atoms with Gasteiger partial charge in [-0.3, -0.25) is 4.79 Å². The van der Waals surface area contributed by atoms with Gasteiger partial charge in [-0.1, -0.05) is 26.0 Å². The molecular formula is C16H23NO4. The number of rotatable bonds is 7. The van der Waals surface area contributed by atoms with E-state index in [2.05, 4.69) is 5.32 Å². The molecule has 0 saturated carbocycles. The first kappa shape index (κ1) is 17.0. The zero-order valence-corrected chi connectivity index (χ0v) is 13.0. The summed E-state index contributed by atoms with van der Waals surface area (Å²) >= 11 is 0. The number of hydrogen-bond donors (Lipinski definition) is 1. The van der Waals surface area contributed by atoms with Crippen molar-refractivity contribution in [3.8, 4) is 5.75 Å². The largest absolute Gasteiger partial charge is 0.494 e. The number of hydrogen-bond acceptors (Lipinski definition) is 4. The van der Waals surface area contributed by atoms with Gasteiger partial charge in [0.15, 0.2) is 0 Å². The molecule has 1 rings (SSSR count). The molecule has 0 aliphatic heterocycles. The maximum absolute atomic E-state index is 12.0. The average Bonchev–Trinajstić information content (AvgIpc) is 2.46. The average molecular weight is 293 g/mol. The Hall–Kier alpha value is -2.04. The van der Waals surface area contributed by atoms with Crippen molar-refractivity contribution in [1.29, 1.82) is 0 Å². The zero-order chi connectivity index (χ0) is 15.8. The first-order chi connectivity index (χ1) is 9.97. The van der Waals surface area contributed by atoms with Crippen molar-refractivity contribution in [3.05, 3.63) is 29.8 Å². The highest BCUT2D eigenvalue weighted by Gasteiger charge is 2.24. The van der Waals surface area contributed by atoms with Crippen LogP contribution in [0, 0.1) is 5.92 Å². The summed E-state index contributed by atoms with van der Waals surface area (Å²) in [5, 5.41) is 2.71. The lowest BCUT2D eigenvalue weighted by atomic mass is 10.0. The minimum Gasteiger partial charge on any atom is -0.494 e. The van der Waals surface area contributed by atoms with Crippen LogP contribution in [0.4, 0.5) is 0 Å². The van der Waals surface area contributed by atoms with E-state index in [-0.39, 0.29) is 18.2 Å². The molecule has 1 aromatic rings. The molecule has 1 N–H and O–H groups in total. The van der Waals surface area contributed by atoms with E-state index in [1.54, 1.807) is 0 Å². The molecule has 1 amide bonds. The second-order valence-corrected chi connectivity index (χ2v) is 5.07. The summed E-state index contributed by atoms with van der Waals surface area (Å²) < 4.78 is 10.0. The summed E-state index contributed by atoms with van der Waals surface area (Å²) in [5.74, 6) is 0.117. The van der Waals surface area contributed by atoms with Crippen molar-refractivity contribution < 1.29 is 19.1 Å². The molecule has 0 radical (unpaired) electrons. The van der Waals surface area contributed by atoms with Crippen molar-refractivity contribution >= 4 is 11.9 Å². The third kappa shape index (κ3) is 5.45. The number of amides is 1. The molecule has 5 heteroatoms. The number of carbonyl (C=O) groups excluding carboxylic acids is 2. The zero-order valence-electron chi connectivity index (χ0n) is 13.0. The number of nitrogens with one attached hydrogen (secondary N) is 1.